The Morgan fingerprint density at radius 1 is 1.38 bits per heavy atom. The average Bonchev–Trinajstić information content (AvgIpc) is 3.05. The number of rotatable bonds is 5. The fourth-order valence-corrected chi connectivity index (χ4v) is 2.45. The lowest BCUT2D eigenvalue weighted by Gasteiger charge is -2.16. The Morgan fingerprint density at radius 2 is 2.10 bits per heavy atom. The molecule has 0 saturated carbocycles. The zero-order valence-corrected chi connectivity index (χ0v) is 15.3. The third-order valence-corrected chi connectivity index (χ3v) is 3.65. The van der Waals surface area contributed by atoms with Gasteiger partial charge in [0, 0.05) is 25.2 Å². The summed E-state index contributed by atoms with van der Waals surface area (Å²) in [6.07, 6.45) is 8.60. The second kappa shape index (κ2) is 9.07. The molecule has 0 bridgehead atoms. The van der Waals surface area contributed by atoms with Gasteiger partial charge in [-0.1, -0.05) is 17.3 Å². The molecule has 0 aliphatic heterocycles. The van der Waals surface area contributed by atoms with E-state index in [0.717, 1.165) is 49.6 Å². The molecule has 21 heavy (non-hydrogen) atoms. The summed E-state index contributed by atoms with van der Waals surface area (Å²) < 4.78 is 5.17. The zero-order chi connectivity index (χ0) is 14.4. The number of hydrogen-bond acceptors (Lipinski definition) is 3. The molecule has 1 aliphatic rings. The maximum atomic E-state index is 5.17. The number of halogens is 1. The predicted octanol–water partition coefficient (Wildman–Crippen LogP) is 2.73. The summed E-state index contributed by atoms with van der Waals surface area (Å²) in [6.45, 7) is 4.85. The number of hydrogen-bond donors (Lipinski definition) is 2. The van der Waals surface area contributed by atoms with Gasteiger partial charge >= 0.3 is 0 Å². The summed E-state index contributed by atoms with van der Waals surface area (Å²) in [7, 11) is 1.81. The van der Waals surface area contributed by atoms with Gasteiger partial charge in [0.1, 0.15) is 5.76 Å². The molecule has 6 heteroatoms. The van der Waals surface area contributed by atoms with E-state index in [0.29, 0.717) is 6.04 Å². The van der Waals surface area contributed by atoms with Crippen LogP contribution in [0.4, 0.5) is 0 Å². The van der Waals surface area contributed by atoms with E-state index in [1.165, 1.54) is 5.56 Å². The van der Waals surface area contributed by atoms with Crippen molar-refractivity contribution in [1.29, 1.82) is 0 Å². The monoisotopic (exact) mass is 404 g/mol. The normalized spacial score (nSPS) is 15.1. The molecule has 0 unspecified atom stereocenters. The molecule has 0 atom stereocenters. The molecule has 0 aromatic carbocycles. The summed E-state index contributed by atoms with van der Waals surface area (Å²) >= 11 is 0. The summed E-state index contributed by atoms with van der Waals surface area (Å²) in [5.41, 5.74) is 2.23. The molecule has 2 rings (SSSR count). The third-order valence-electron chi connectivity index (χ3n) is 3.65. The highest BCUT2D eigenvalue weighted by Crippen LogP contribution is 2.13. The van der Waals surface area contributed by atoms with Gasteiger partial charge in [0.15, 0.2) is 5.96 Å². The molecule has 1 aromatic rings. The number of aliphatic imine (C=N–C) groups is 1. The highest BCUT2D eigenvalue weighted by atomic mass is 127. The lowest BCUT2D eigenvalue weighted by Crippen LogP contribution is -2.42. The molecule has 0 radical (unpaired) electrons. The van der Waals surface area contributed by atoms with Crippen molar-refractivity contribution in [2.75, 3.05) is 13.6 Å². The van der Waals surface area contributed by atoms with Crippen molar-refractivity contribution in [3.8, 4) is 0 Å². The minimum Gasteiger partial charge on any atom is -0.361 e. The van der Waals surface area contributed by atoms with Crippen LogP contribution in [0.5, 0.6) is 0 Å². The van der Waals surface area contributed by atoms with E-state index in [1.807, 2.05) is 20.9 Å². The van der Waals surface area contributed by atoms with Crippen molar-refractivity contribution in [2.45, 2.75) is 45.6 Å². The standard InChI is InChI=1S/C15H24N4O.HI/c1-11-14(12(2)20-19-11)9-6-10-17-15(16-3)18-13-7-4-5-8-13;/h4-5,13H,6-10H2,1-3H3,(H2,16,17,18);1H. The maximum Gasteiger partial charge on any atom is 0.191 e. The second-order valence-electron chi connectivity index (χ2n) is 5.19. The quantitative estimate of drug-likeness (QED) is 0.261. The Labute approximate surface area is 143 Å². The number of nitrogens with one attached hydrogen (secondary N) is 2. The Kier molecular flexibility index (Phi) is 7.77. The lowest BCUT2D eigenvalue weighted by molar-refractivity contribution is 0.392. The maximum absolute atomic E-state index is 5.17. The van der Waals surface area contributed by atoms with Gasteiger partial charge in [0.2, 0.25) is 0 Å². The van der Waals surface area contributed by atoms with Crippen LogP contribution >= 0.6 is 24.0 Å². The van der Waals surface area contributed by atoms with Crippen LogP contribution in [0.15, 0.2) is 21.7 Å². The van der Waals surface area contributed by atoms with Crippen LogP contribution < -0.4 is 10.6 Å². The van der Waals surface area contributed by atoms with Crippen LogP contribution in [-0.2, 0) is 6.42 Å². The van der Waals surface area contributed by atoms with Crippen LogP contribution in [0.1, 0.15) is 36.3 Å². The molecule has 118 valence electrons. The third kappa shape index (κ3) is 5.33. The molecule has 2 N–H and O–H groups in total. The van der Waals surface area contributed by atoms with Gasteiger partial charge in [0.05, 0.1) is 5.69 Å². The van der Waals surface area contributed by atoms with Crippen LogP contribution in [0.2, 0.25) is 0 Å². The highest BCUT2D eigenvalue weighted by molar-refractivity contribution is 14.0. The van der Waals surface area contributed by atoms with Crippen molar-refractivity contribution >= 4 is 29.9 Å². The van der Waals surface area contributed by atoms with Crippen molar-refractivity contribution in [3.63, 3.8) is 0 Å². The summed E-state index contributed by atoms with van der Waals surface area (Å²) in [5.74, 6) is 1.82. The molecular formula is C15H25IN4O. The first-order chi connectivity index (χ1) is 9.70. The summed E-state index contributed by atoms with van der Waals surface area (Å²) in [4.78, 5) is 4.26. The van der Waals surface area contributed by atoms with E-state index < -0.39 is 0 Å². The number of aromatic nitrogens is 1. The first-order valence-electron chi connectivity index (χ1n) is 7.24. The lowest BCUT2D eigenvalue weighted by atomic mass is 10.1. The van der Waals surface area contributed by atoms with Gasteiger partial charge in [-0.15, -0.1) is 24.0 Å². The Bertz CT molecular complexity index is 468. The molecule has 1 heterocycles. The summed E-state index contributed by atoms with van der Waals surface area (Å²) in [5, 5.41) is 10.8. The van der Waals surface area contributed by atoms with Gasteiger partial charge < -0.3 is 15.2 Å². The van der Waals surface area contributed by atoms with Crippen LogP contribution in [0, 0.1) is 13.8 Å². The summed E-state index contributed by atoms with van der Waals surface area (Å²) in [6, 6.07) is 0.490. The fraction of sp³-hybridized carbons (Fsp3) is 0.600. The van der Waals surface area contributed by atoms with E-state index >= 15 is 0 Å². The minimum absolute atomic E-state index is 0. The Balaban J connectivity index is 0.00000220. The van der Waals surface area contributed by atoms with Gasteiger partial charge in [0.25, 0.3) is 0 Å². The van der Waals surface area contributed by atoms with Crippen molar-refractivity contribution in [2.24, 2.45) is 4.99 Å². The zero-order valence-electron chi connectivity index (χ0n) is 13.0. The Morgan fingerprint density at radius 3 is 2.67 bits per heavy atom. The predicted molar refractivity (Wildman–Crippen MR) is 96.4 cm³/mol. The Hall–Kier alpha value is -1.05. The van der Waals surface area contributed by atoms with E-state index in [-0.39, 0.29) is 24.0 Å². The van der Waals surface area contributed by atoms with Gasteiger partial charge in [-0.2, -0.15) is 0 Å². The average molecular weight is 404 g/mol. The molecule has 1 aliphatic carbocycles. The van der Waals surface area contributed by atoms with E-state index in [1.54, 1.807) is 0 Å². The van der Waals surface area contributed by atoms with Crippen molar-refractivity contribution in [3.05, 3.63) is 29.2 Å². The van der Waals surface area contributed by atoms with Gasteiger partial charge in [-0.05, 0) is 39.5 Å². The second-order valence-corrected chi connectivity index (χ2v) is 5.19. The molecule has 0 fully saturated rings. The van der Waals surface area contributed by atoms with E-state index in [2.05, 4.69) is 32.9 Å². The number of guanidine groups is 1. The molecule has 5 nitrogen and oxygen atoms in total. The van der Waals surface area contributed by atoms with E-state index in [9.17, 15) is 0 Å². The minimum atomic E-state index is 0. The molecule has 0 amide bonds. The molecule has 0 spiro atoms. The van der Waals surface area contributed by atoms with Crippen molar-refractivity contribution < 1.29 is 4.52 Å². The van der Waals surface area contributed by atoms with Gasteiger partial charge in [-0.25, -0.2) is 0 Å². The van der Waals surface area contributed by atoms with E-state index in [4.69, 9.17) is 4.52 Å². The number of aryl methyl sites for hydroxylation is 2. The smallest absolute Gasteiger partial charge is 0.191 e. The number of nitrogens with zero attached hydrogens (tertiary/aromatic N) is 2. The van der Waals surface area contributed by atoms with Crippen LogP contribution in [-0.4, -0.2) is 30.8 Å². The highest BCUT2D eigenvalue weighted by Gasteiger charge is 2.12. The molecular weight excluding hydrogens is 379 g/mol. The first-order valence-corrected chi connectivity index (χ1v) is 7.24. The molecule has 1 aromatic heterocycles. The largest absolute Gasteiger partial charge is 0.361 e. The van der Waals surface area contributed by atoms with Crippen LogP contribution in [0.3, 0.4) is 0 Å². The SMILES string of the molecule is CN=C(NCCCc1c(C)noc1C)NC1CC=CC1.I. The topological polar surface area (TPSA) is 62.5 Å². The van der Waals surface area contributed by atoms with Crippen LogP contribution in [0.25, 0.3) is 0 Å². The fourth-order valence-electron chi connectivity index (χ4n) is 2.45. The molecule has 0 saturated heterocycles. The first kappa shape index (κ1) is 18.0. The van der Waals surface area contributed by atoms with Gasteiger partial charge in [-0.3, -0.25) is 4.99 Å². The van der Waals surface area contributed by atoms with Crippen molar-refractivity contribution in [1.82, 2.24) is 15.8 Å².